The predicted molar refractivity (Wildman–Crippen MR) is 38.6 cm³/mol. The van der Waals surface area contributed by atoms with Crippen LogP contribution >= 0.6 is 0 Å². The topological polar surface area (TPSA) is 69.6 Å². The minimum atomic E-state index is -1.05. The van der Waals surface area contributed by atoms with Gasteiger partial charge in [0.1, 0.15) is 6.04 Å². The van der Waals surface area contributed by atoms with Crippen molar-refractivity contribution in [2.75, 3.05) is 0 Å². The minimum Gasteiger partial charge on any atom is -0.480 e. The van der Waals surface area contributed by atoms with Crippen LogP contribution in [0.4, 0.5) is 0 Å². The summed E-state index contributed by atoms with van der Waals surface area (Å²) < 4.78 is 0. The molecular weight excluding hydrogens is 133 g/mol. The van der Waals surface area contributed by atoms with Gasteiger partial charge in [0.05, 0.1) is 0 Å². The summed E-state index contributed by atoms with van der Waals surface area (Å²) in [6.45, 7) is 4.72. The van der Waals surface area contributed by atoms with Gasteiger partial charge in [0.15, 0.2) is 0 Å². The average molecular weight is 143 g/mol. The number of nitrogens with one attached hydrogen (secondary N) is 1. The molecule has 0 aromatic carbocycles. The molecule has 0 radical (unpaired) electrons. The maximum atomic E-state index is 10.2. The SMILES string of the molecule is C=CC(NB(C)O)C(=O)O. The van der Waals surface area contributed by atoms with Gasteiger partial charge < -0.3 is 15.4 Å². The highest BCUT2D eigenvalue weighted by atomic mass is 16.4. The number of hydrogen-bond donors (Lipinski definition) is 3. The van der Waals surface area contributed by atoms with Gasteiger partial charge in [-0.3, -0.25) is 4.79 Å². The van der Waals surface area contributed by atoms with Crippen LogP contribution in [-0.2, 0) is 4.79 Å². The second-order valence-electron chi connectivity index (χ2n) is 1.89. The highest BCUT2D eigenvalue weighted by Gasteiger charge is 2.15. The van der Waals surface area contributed by atoms with Crippen molar-refractivity contribution in [2.24, 2.45) is 0 Å². The maximum absolute atomic E-state index is 10.2. The van der Waals surface area contributed by atoms with Crippen LogP contribution in [0.1, 0.15) is 0 Å². The van der Waals surface area contributed by atoms with Crippen molar-refractivity contribution < 1.29 is 14.9 Å². The Bertz CT molecular complexity index is 137. The zero-order valence-corrected chi connectivity index (χ0v) is 5.74. The molecule has 0 saturated heterocycles. The van der Waals surface area contributed by atoms with Crippen LogP contribution in [0.2, 0.25) is 6.82 Å². The molecule has 3 N–H and O–H groups in total. The summed E-state index contributed by atoms with van der Waals surface area (Å²) >= 11 is 0. The molecule has 0 aromatic rings. The summed E-state index contributed by atoms with van der Waals surface area (Å²) in [7, 11) is -0.834. The van der Waals surface area contributed by atoms with E-state index in [0.717, 1.165) is 0 Å². The minimum absolute atomic E-state index is 0.834. The molecule has 0 bridgehead atoms. The van der Waals surface area contributed by atoms with Crippen LogP contribution in [0.3, 0.4) is 0 Å². The smallest absolute Gasteiger partial charge is 0.374 e. The fourth-order valence-electron chi connectivity index (χ4n) is 0.500. The van der Waals surface area contributed by atoms with E-state index in [1.807, 2.05) is 0 Å². The fourth-order valence-corrected chi connectivity index (χ4v) is 0.500. The molecule has 0 fully saturated rings. The predicted octanol–water partition coefficient (Wildman–Crippen LogP) is -0.675. The summed E-state index contributed by atoms with van der Waals surface area (Å²) in [6.07, 6.45) is 1.22. The molecule has 0 aliphatic rings. The van der Waals surface area contributed by atoms with Gasteiger partial charge in [0, 0.05) is 0 Å². The van der Waals surface area contributed by atoms with Crippen molar-refractivity contribution in [3.05, 3.63) is 12.7 Å². The maximum Gasteiger partial charge on any atom is 0.374 e. The van der Waals surface area contributed by atoms with Gasteiger partial charge in [0.2, 0.25) is 0 Å². The highest BCUT2D eigenvalue weighted by Crippen LogP contribution is 1.84. The van der Waals surface area contributed by atoms with Gasteiger partial charge in [-0.05, 0) is 6.82 Å². The molecule has 0 heterocycles. The normalized spacial score (nSPS) is 12.2. The third-order valence-electron chi connectivity index (χ3n) is 0.923. The summed E-state index contributed by atoms with van der Waals surface area (Å²) in [4.78, 5) is 10.2. The van der Waals surface area contributed by atoms with E-state index < -0.39 is 19.1 Å². The van der Waals surface area contributed by atoms with Gasteiger partial charge in [-0.2, -0.15) is 0 Å². The molecule has 4 nitrogen and oxygen atoms in total. The zero-order valence-electron chi connectivity index (χ0n) is 5.74. The Hall–Kier alpha value is -0.805. The van der Waals surface area contributed by atoms with E-state index in [0.29, 0.717) is 0 Å². The lowest BCUT2D eigenvalue weighted by Gasteiger charge is -2.08. The van der Waals surface area contributed by atoms with Gasteiger partial charge in [-0.15, -0.1) is 6.58 Å². The number of carboxylic acids is 1. The molecule has 0 rings (SSSR count). The average Bonchev–Trinajstić information content (AvgIpc) is 1.81. The van der Waals surface area contributed by atoms with E-state index in [2.05, 4.69) is 11.8 Å². The number of carboxylic acid groups (broad SMARTS) is 1. The molecule has 0 saturated carbocycles. The van der Waals surface area contributed by atoms with Gasteiger partial charge in [0.25, 0.3) is 0 Å². The molecule has 10 heavy (non-hydrogen) atoms. The van der Waals surface area contributed by atoms with Crippen LogP contribution in [-0.4, -0.2) is 29.2 Å². The van der Waals surface area contributed by atoms with Crippen LogP contribution in [0, 0.1) is 0 Å². The first-order valence-corrected chi connectivity index (χ1v) is 2.87. The summed E-state index contributed by atoms with van der Waals surface area (Å²) in [5.41, 5.74) is 0. The van der Waals surface area contributed by atoms with Crippen LogP contribution in [0.15, 0.2) is 12.7 Å². The van der Waals surface area contributed by atoms with Crippen molar-refractivity contribution in [1.29, 1.82) is 0 Å². The number of hydrogen-bond acceptors (Lipinski definition) is 3. The molecule has 0 aliphatic heterocycles. The molecule has 0 aliphatic carbocycles. The quantitative estimate of drug-likeness (QED) is 0.360. The number of rotatable bonds is 4. The highest BCUT2D eigenvalue weighted by molar-refractivity contribution is 6.46. The van der Waals surface area contributed by atoms with Gasteiger partial charge >= 0.3 is 13.0 Å². The Labute approximate surface area is 59.7 Å². The monoisotopic (exact) mass is 143 g/mol. The van der Waals surface area contributed by atoms with E-state index >= 15 is 0 Å². The molecule has 1 atom stereocenters. The van der Waals surface area contributed by atoms with Crippen molar-refractivity contribution in [2.45, 2.75) is 12.9 Å². The Morgan fingerprint density at radius 3 is 2.50 bits per heavy atom. The lowest BCUT2D eigenvalue weighted by atomic mass is 9.87. The fraction of sp³-hybridized carbons (Fsp3) is 0.400. The number of carbonyl (C=O) groups is 1. The molecule has 0 aromatic heterocycles. The first-order chi connectivity index (χ1) is 4.57. The van der Waals surface area contributed by atoms with Crippen LogP contribution < -0.4 is 5.23 Å². The Morgan fingerprint density at radius 1 is 1.90 bits per heavy atom. The van der Waals surface area contributed by atoms with Crippen LogP contribution in [0.5, 0.6) is 0 Å². The largest absolute Gasteiger partial charge is 0.480 e. The summed E-state index contributed by atoms with van der Waals surface area (Å²) in [5.74, 6) is -1.05. The Kier molecular flexibility index (Phi) is 3.75. The second kappa shape index (κ2) is 4.08. The van der Waals surface area contributed by atoms with Crippen molar-refractivity contribution in [3.63, 3.8) is 0 Å². The first-order valence-electron chi connectivity index (χ1n) is 2.87. The molecule has 0 spiro atoms. The third-order valence-corrected chi connectivity index (χ3v) is 0.923. The molecule has 5 heteroatoms. The van der Waals surface area contributed by atoms with E-state index in [4.69, 9.17) is 10.1 Å². The summed E-state index contributed by atoms with van der Waals surface area (Å²) in [6, 6.07) is -0.875. The van der Waals surface area contributed by atoms with Crippen LogP contribution in [0.25, 0.3) is 0 Å². The first kappa shape index (κ1) is 9.19. The Balaban J connectivity index is 3.83. The van der Waals surface area contributed by atoms with Gasteiger partial charge in [-0.25, -0.2) is 0 Å². The van der Waals surface area contributed by atoms with Crippen molar-refractivity contribution in [3.8, 4) is 0 Å². The lowest BCUT2D eigenvalue weighted by Crippen LogP contribution is -2.43. The van der Waals surface area contributed by atoms with E-state index in [-0.39, 0.29) is 0 Å². The van der Waals surface area contributed by atoms with E-state index in [1.165, 1.54) is 12.9 Å². The van der Waals surface area contributed by atoms with Crippen molar-refractivity contribution in [1.82, 2.24) is 5.23 Å². The van der Waals surface area contributed by atoms with Crippen molar-refractivity contribution >= 4 is 13.0 Å². The Morgan fingerprint density at radius 2 is 2.40 bits per heavy atom. The summed E-state index contributed by atoms with van der Waals surface area (Å²) in [5, 5.41) is 19.4. The standard InChI is InChI=1S/C5H10BNO3/c1-3-4(5(8)9)7-6(2)10/h3-4,7,10H,1H2,2H3,(H,8,9). The molecule has 0 amide bonds. The molecular formula is C5H10BNO3. The third kappa shape index (κ3) is 3.27. The zero-order chi connectivity index (χ0) is 8.15. The van der Waals surface area contributed by atoms with E-state index in [9.17, 15) is 4.79 Å². The number of aliphatic carboxylic acids is 1. The second-order valence-corrected chi connectivity index (χ2v) is 1.89. The van der Waals surface area contributed by atoms with E-state index in [1.54, 1.807) is 0 Å². The van der Waals surface area contributed by atoms with Gasteiger partial charge in [-0.1, -0.05) is 6.08 Å². The molecule has 1 unspecified atom stereocenters. The molecule has 56 valence electrons. The lowest BCUT2D eigenvalue weighted by molar-refractivity contribution is -0.137.